The Morgan fingerprint density at radius 1 is 1.50 bits per heavy atom. The molecule has 0 amide bonds. The zero-order valence-electron chi connectivity index (χ0n) is 11.4. The van der Waals surface area contributed by atoms with E-state index in [0.717, 1.165) is 0 Å². The number of sulfonamides is 1. The predicted octanol–water partition coefficient (Wildman–Crippen LogP) is 1.09. The molecule has 0 spiro atoms. The molecule has 1 saturated heterocycles. The number of piperidine rings is 1. The molecule has 0 saturated carbocycles. The van der Waals surface area contributed by atoms with Gasteiger partial charge < -0.3 is 5.11 Å². The fraction of sp³-hybridized carbons (Fsp3) is 0.500. The van der Waals surface area contributed by atoms with Gasteiger partial charge in [0.15, 0.2) is 0 Å². The fourth-order valence-electron chi connectivity index (χ4n) is 2.31. The number of nitrogens with zero attached hydrogens (tertiary/aromatic N) is 2. The normalized spacial score (nSPS) is 24.2. The molecule has 108 valence electrons. The first-order chi connectivity index (χ1) is 9.42. The van der Waals surface area contributed by atoms with Gasteiger partial charge in [-0.1, -0.05) is 19.1 Å². The lowest BCUT2D eigenvalue weighted by Gasteiger charge is -2.33. The molecule has 1 N–H and O–H groups in total. The van der Waals surface area contributed by atoms with Crippen molar-refractivity contribution in [1.29, 1.82) is 5.26 Å². The lowest BCUT2D eigenvalue weighted by Crippen LogP contribution is -2.46. The topological polar surface area (TPSA) is 81.4 Å². The van der Waals surface area contributed by atoms with Gasteiger partial charge in [-0.25, -0.2) is 8.42 Å². The highest BCUT2D eigenvalue weighted by Gasteiger charge is 2.31. The van der Waals surface area contributed by atoms with Crippen molar-refractivity contribution in [2.75, 3.05) is 13.1 Å². The van der Waals surface area contributed by atoms with Gasteiger partial charge >= 0.3 is 0 Å². The highest BCUT2D eigenvalue weighted by atomic mass is 32.2. The van der Waals surface area contributed by atoms with Crippen LogP contribution in [0.2, 0.25) is 0 Å². The maximum Gasteiger partial charge on any atom is 0.218 e. The van der Waals surface area contributed by atoms with Crippen molar-refractivity contribution in [3.63, 3.8) is 0 Å². The van der Waals surface area contributed by atoms with Crippen LogP contribution in [0.15, 0.2) is 24.3 Å². The van der Waals surface area contributed by atoms with Crippen molar-refractivity contribution in [2.45, 2.75) is 25.2 Å². The van der Waals surface area contributed by atoms with Crippen LogP contribution in [0.3, 0.4) is 0 Å². The first-order valence-electron chi connectivity index (χ1n) is 6.57. The molecular weight excluding hydrogens is 276 g/mol. The van der Waals surface area contributed by atoms with Crippen LogP contribution in [0.25, 0.3) is 0 Å². The maximum atomic E-state index is 12.3. The van der Waals surface area contributed by atoms with Crippen LogP contribution in [0.4, 0.5) is 0 Å². The average molecular weight is 294 g/mol. The third kappa shape index (κ3) is 3.37. The molecule has 1 heterocycles. The smallest absolute Gasteiger partial charge is 0.218 e. The van der Waals surface area contributed by atoms with E-state index in [0.29, 0.717) is 24.1 Å². The molecule has 1 fully saturated rings. The Labute approximate surface area is 119 Å². The van der Waals surface area contributed by atoms with Crippen molar-refractivity contribution < 1.29 is 13.5 Å². The van der Waals surface area contributed by atoms with E-state index in [9.17, 15) is 13.5 Å². The number of hydrogen-bond donors (Lipinski definition) is 1. The third-order valence-corrected chi connectivity index (χ3v) is 5.50. The average Bonchev–Trinajstić information content (AvgIpc) is 2.41. The minimum atomic E-state index is -3.45. The second-order valence-corrected chi connectivity index (χ2v) is 7.23. The summed E-state index contributed by atoms with van der Waals surface area (Å²) in [4.78, 5) is 0. The molecule has 0 aliphatic carbocycles. The monoisotopic (exact) mass is 294 g/mol. The van der Waals surface area contributed by atoms with E-state index in [1.165, 1.54) is 4.31 Å². The highest BCUT2D eigenvalue weighted by Crippen LogP contribution is 2.21. The summed E-state index contributed by atoms with van der Waals surface area (Å²) in [5.74, 6) is -0.00718. The molecule has 1 aromatic rings. The second kappa shape index (κ2) is 5.92. The highest BCUT2D eigenvalue weighted by molar-refractivity contribution is 7.88. The number of aliphatic hydroxyl groups excluding tert-OH is 1. The molecule has 6 heteroatoms. The van der Waals surface area contributed by atoms with Gasteiger partial charge in [-0.2, -0.15) is 9.57 Å². The zero-order chi connectivity index (χ0) is 14.8. The molecule has 2 unspecified atom stereocenters. The summed E-state index contributed by atoms with van der Waals surface area (Å²) in [6.07, 6.45) is 0.0579. The number of aliphatic hydroxyl groups is 1. The summed E-state index contributed by atoms with van der Waals surface area (Å²) in [7, 11) is -3.45. The Bertz CT molecular complexity index is 622. The Morgan fingerprint density at radius 2 is 2.25 bits per heavy atom. The molecule has 0 radical (unpaired) electrons. The van der Waals surface area contributed by atoms with E-state index in [1.54, 1.807) is 24.3 Å². The standard InChI is InChI=1S/C14H18N2O3S/c1-11-5-6-16(9-14(11)17)20(18,19)10-13-4-2-3-12(7-13)8-15/h2-4,7,11,14,17H,5-6,9-10H2,1H3. The van der Waals surface area contributed by atoms with E-state index in [2.05, 4.69) is 0 Å². The fourth-order valence-corrected chi connectivity index (χ4v) is 3.85. The maximum absolute atomic E-state index is 12.3. The van der Waals surface area contributed by atoms with Crippen LogP contribution < -0.4 is 0 Å². The van der Waals surface area contributed by atoms with Gasteiger partial charge in [-0.05, 0) is 30.0 Å². The van der Waals surface area contributed by atoms with Crippen molar-refractivity contribution in [3.8, 4) is 6.07 Å². The summed E-state index contributed by atoms with van der Waals surface area (Å²) in [5.41, 5.74) is 1.04. The lowest BCUT2D eigenvalue weighted by molar-refractivity contribution is 0.0604. The molecule has 1 aromatic carbocycles. The Kier molecular flexibility index (Phi) is 4.43. The zero-order valence-corrected chi connectivity index (χ0v) is 12.2. The molecule has 2 atom stereocenters. The van der Waals surface area contributed by atoms with Crippen LogP contribution in [-0.2, 0) is 15.8 Å². The summed E-state index contributed by atoms with van der Waals surface area (Å²) in [6, 6.07) is 8.60. The van der Waals surface area contributed by atoms with Gasteiger partial charge in [0.2, 0.25) is 10.0 Å². The van der Waals surface area contributed by atoms with Crippen LogP contribution in [-0.4, -0.2) is 37.0 Å². The Morgan fingerprint density at radius 3 is 2.90 bits per heavy atom. The van der Waals surface area contributed by atoms with Crippen molar-refractivity contribution in [2.24, 2.45) is 5.92 Å². The van der Waals surface area contributed by atoms with Gasteiger partial charge in [0, 0.05) is 13.1 Å². The summed E-state index contributed by atoms with van der Waals surface area (Å²) in [5, 5.41) is 18.6. The molecular formula is C14H18N2O3S. The molecule has 0 bridgehead atoms. The lowest BCUT2D eigenvalue weighted by atomic mass is 9.98. The summed E-state index contributed by atoms with van der Waals surface area (Å²) in [6.45, 7) is 2.52. The largest absolute Gasteiger partial charge is 0.391 e. The van der Waals surface area contributed by atoms with Gasteiger partial charge in [-0.3, -0.25) is 0 Å². The van der Waals surface area contributed by atoms with E-state index >= 15 is 0 Å². The number of rotatable bonds is 3. The minimum absolute atomic E-state index is 0.128. The van der Waals surface area contributed by atoms with Gasteiger partial charge in [0.25, 0.3) is 0 Å². The molecule has 5 nitrogen and oxygen atoms in total. The first-order valence-corrected chi connectivity index (χ1v) is 8.18. The van der Waals surface area contributed by atoms with Crippen LogP contribution in [0, 0.1) is 17.2 Å². The third-order valence-electron chi connectivity index (χ3n) is 3.68. The van der Waals surface area contributed by atoms with Crippen LogP contribution in [0.5, 0.6) is 0 Å². The Hall–Kier alpha value is -1.42. The number of hydrogen-bond acceptors (Lipinski definition) is 4. The van der Waals surface area contributed by atoms with E-state index in [-0.39, 0.29) is 18.2 Å². The van der Waals surface area contributed by atoms with Gasteiger partial charge in [-0.15, -0.1) is 0 Å². The second-order valence-electron chi connectivity index (χ2n) is 5.26. The quantitative estimate of drug-likeness (QED) is 0.905. The Balaban J connectivity index is 2.13. The predicted molar refractivity (Wildman–Crippen MR) is 75.1 cm³/mol. The molecule has 1 aliphatic rings. The SMILES string of the molecule is CC1CCN(S(=O)(=O)Cc2cccc(C#N)c2)CC1O. The van der Waals surface area contributed by atoms with E-state index in [4.69, 9.17) is 5.26 Å². The van der Waals surface area contributed by atoms with Crippen molar-refractivity contribution in [3.05, 3.63) is 35.4 Å². The van der Waals surface area contributed by atoms with Crippen molar-refractivity contribution >= 4 is 10.0 Å². The minimum Gasteiger partial charge on any atom is -0.391 e. The van der Waals surface area contributed by atoms with Crippen LogP contribution in [0.1, 0.15) is 24.5 Å². The molecule has 1 aliphatic heterocycles. The number of nitriles is 1. The van der Waals surface area contributed by atoms with Gasteiger partial charge in [0.1, 0.15) is 0 Å². The number of β-amino-alcohol motifs (C(OH)–C–C–N with tert-alkyl or cyclic N) is 1. The first kappa shape index (κ1) is 15.0. The summed E-state index contributed by atoms with van der Waals surface area (Å²) < 4.78 is 26.0. The van der Waals surface area contributed by atoms with E-state index < -0.39 is 16.1 Å². The molecule has 0 aromatic heterocycles. The summed E-state index contributed by atoms with van der Waals surface area (Å²) >= 11 is 0. The van der Waals surface area contributed by atoms with E-state index in [1.807, 2.05) is 13.0 Å². The molecule has 2 rings (SSSR count). The van der Waals surface area contributed by atoms with Crippen molar-refractivity contribution in [1.82, 2.24) is 4.31 Å². The van der Waals surface area contributed by atoms with Gasteiger partial charge in [0.05, 0.1) is 23.5 Å². The molecule has 20 heavy (non-hydrogen) atoms. The number of benzene rings is 1. The van der Waals surface area contributed by atoms with Crippen LogP contribution >= 0.6 is 0 Å².